The number of carboxylic acid groups (broad SMARTS) is 2. The number of esters is 1. The standard InChI is InChI=1S/C4H6O2.C2H4.CH2O3/c5-4-2-1-3-6-4;1-2;2-1(3)4/h1-3H2;1-2H2;(H2,2,3,4). The van der Waals surface area contributed by atoms with Crippen LogP contribution in [0.25, 0.3) is 0 Å². The molecule has 5 heteroatoms. The molecule has 1 aliphatic rings. The maximum Gasteiger partial charge on any atom is 0.503 e. The fourth-order valence-corrected chi connectivity index (χ4v) is 0.475. The molecule has 0 bridgehead atoms. The number of hydrogen-bond acceptors (Lipinski definition) is 3. The molecule has 5 nitrogen and oxygen atoms in total. The van der Waals surface area contributed by atoms with E-state index < -0.39 is 6.16 Å². The van der Waals surface area contributed by atoms with Crippen LogP contribution in [0.15, 0.2) is 13.2 Å². The fourth-order valence-electron chi connectivity index (χ4n) is 0.475. The van der Waals surface area contributed by atoms with Crippen molar-refractivity contribution >= 4 is 12.1 Å². The van der Waals surface area contributed by atoms with Crippen LogP contribution in [0.4, 0.5) is 4.79 Å². The minimum absolute atomic E-state index is 0.0463. The predicted molar refractivity (Wildman–Crippen MR) is 42.1 cm³/mol. The van der Waals surface area contributed by atoms with Gasteiger partial charge in [-0.2, -0.15) is 0 Å². The van der Waals surface area contributed by atoms with Gasteiger partial charge in [0.15, 0.2) is 0 Å². The van der Waals surface area contributed by atoms with Crippen molar-refractivity contribution in [1.29, 1.82) is 0 Å². The second-order valence-corrected chi connectivity index (χ2v) is 1.61. The van der Waals surface area contributed by atoms with Gasteiger partial charge >= 0.3 is 12.1 Å². The second kappa shape index (κ2) is 9.48. The van der Waals surface area contributed by atoms with Gasteiger partial charge in [0, 0.05) is 6.42 Å². The maximum atomic E-state index is 10.0. The SMILES string of the molecule is C=C.O=C(O)O.O=C1CCCO1. The lowest BCUT2D eigenvalue weighted by Crippen LogP contribution is -1.88. The topological polar surface area (TPSA) is 83.8 Å². The number of hydrogen-bond donors (Lipinski definition) is 2. The highest BCUT2D eigenvalue weighted by Gasteiger charge is 2.08. The zero-order valence-electron chi connectivity index (χ0n) is 6.65. The summed E-state index contributed by atoms with van der Waals surface area (Å²) in [7, 11) is 0. The van der Waals surface area contributed by atoms with Crippen molar-refractivity contribution in [1.82, 2.24) is 0 Å². The molecule has 0 unspecified atom stereocenters. The molecule has 1 rings (SSSR count). The molecule has 0 aromatic carbocycles. The van der Waals surface area contributed by atoms with E-state index in [4.69, 9.17) is 15.0 Å². The highest BCUT2D eigenvalue weighted by Crippen LogP contribution is 2.01. The van der Waals surface area contributed by atoms with Gasteiger partial charge in [0.2, 0.25) is 0 Å². The summed E-state index contributed by atoms with van der Waals surface area (Å²) < 4.78 is 4.51. The molecule has 70 valence electrons. The van der Waals surface area contributed by atoms with Crippen LogP contribution >= 0.6 is 0 Å². The van der Waals surface area contributed by atoms with Crippen LogP contribution in [-0.2, 0) is 9.53 Å². The minimum atomic E-state index is -1.83. The molecule has 0 radical (unpaired) electrons. The molecule has 1 aliphatic heterocycles. The summed E-state index contributed by atoms with van der Waals surface area (Å²) in [5.41, 5.74) is 0. The third kappa shape index (κ3) is 15.8. The number of rotatable bonds is 0. The monoisotopic (exact) mass is 176 g/mol. The van der Waals surface area contributed by atoms with Gasteiger partial charge in [-0.05, 0) is 6.42 Å². The summed E-state index contributed by atoms with van der Waals surface area (Å²) in [5.74, 6) is -0.0463. The Bertz CT molecular complexity index is 131. The molecule has 12 heavy (non-hydrogen) atoms. The lowest BCUT2D eigenvalue weighted by Gasteiger charge is -1.81. The van der Waals surface area contributed by atoms with Gasteiger partial charge in [-0.3, -0.25) is 4.79 Å². The Balaban J connectivity index is 0. The van der Waals surface area contributed by atoms with E-state index in [2.05, 4.69) is 17.9 Å². The van der Waals surface area contributed by atoms with Crippen molar-refractivity contribution in [3.63, 3.8) is 0 Å². The van der Waals surface area contributed by atoms with E-state index in [0.717, 1.165) is 6.42 Å². The molecular formula is C7H12O5. The summed E-state index contributed by atoms with van der Waals surface area (Å²) in [6.07, 6.45) is -0.293. The van der Waals surface area contributed by atoms with Gasteiger partial charge in [0.25, 0.3) is 0 Å². The molecule has 0 aromatic rings. The molecule has 2 N–H and O–H groups in total. The molecule has 0 spiro atoms. The van der Waals surface area contributed by atoms with E-state index in [-0.39, 0.29) is 5.97 Å². The Morgan fingerprint density at radius 3 is 1.92 bits per heavy atom. The van der Waals surface area contributed by atoms with E-state index in [1.807, 2.05) is 0 Å². The van der Waals surface area contributed by atoms with Crippen molar-refractivity contribution in [3.8, 4) is 0 Å². The summed E-state index contributed by atoms with van der Waals surface area (Å²) in [5, 5.41) is 13.9. The van der Waals surface area contributed by atoms with Crippen molar-refractivity contribution in [2.45, 2.75) is 12.8 Å². The van der Waals surface area contributed by atoms with Gasteiger partial charge in [-0.1, -0.05) is 0 Å². The lowest BCUT2D eigenvalue weighted by atomic mass is 10.4. The van der Waals surface area contributed by atoms with Crippen LogP contribution in [0.1, 0.15) is 12.8 Å². The molecular weight excluding hydrogens is 164 g/mol. The van der Waals surface area contributed by atoms with E-state index in [1.54, 1.807) is 0 Å². The third-order valence-electron chi connectivity index (χ3n) is 0.788. The van der Waals surface area contributed by atoms with E-state index in [9.17, 15) is 4.79 Å². The van der Waals surface area contributed by atoms with Crippen molar-refractivity contribution in [2.75, 3.05) is 6.61 Å². The van der Waals surface area contributed by atoms with Crippen LogP contribution in [0.5, 0.6) is 0 Å². The zero-order valence-corrected chi connectivity index (χ0v) is 6.65. The third-order valence-corrected chi connectivity index (χ3v) is 0.788. The molecule has 0 aromatic heterocycles. The van der Waals surface area contributed by atoms with E-state index in [0.29, 0.717) is 13.0 Å². The maximum absolute atomic E-state index is 10.0. The molecule has 0 atom stereocenters. The van der Waals surface area contributed by atoms with Gasteiger partial charge < -0.3 is 14.9 Å². The smallest absolute Gasteiger partial charge is 0.466 e. The molecule has 1 fully saturated rings. The Kier molecular flexibility index (Phi) is 10.3. The molecule has 0 aliphatic carbocycles. The number of carbonyl (C=O) groups excluding carboxylic acids is 1. The summed E-state index contributed by atoms with van der Waals surface area (Å²) in [4.78, 5) is 18.6. The molecule has 0 saturated carbocycles. The van der Waals surface area contributed by atoms with Crippen LogP contribution in [0.3, 0.4) is 0 Å². The first-order valence-corrected chi connectivity index (χ1v) is 3.20. The van der Waals surface area contributed by atoms with Crippen molar-refractivity contribution in [3.05, 3.63) is 13.2 Å². The number of carbonyl (C=O) groups is 2. The van der Waals surface area contributed by atoms with Crippen molar-refractivity contribution in [2.24, 2.45) is 0 Å². The average molecular weight is 176 g/mol. The Hall–Kier alpha value is -1.52. The quantitative estimate of drug-likeness (QED) is 0.430. The minimum Gasteiger partial charge on any atom is -0.466 e. The van der Waals surface area contributed by atoms with Gasteiger partial charge in [-0.25, -0.2) is 4.79 Å². The summed E-state index contributed by atoms with van der Waals surface area (Å²) in [6.45, 7) is 6.64. The Morgan fingerprint density at radius 1 is 1.42 bits per heavy atom. The zero-order chi connectivity index (χ0) is 9.98. The first-order chi connectivity index (χ1) is 5.63. The highest BCUT2D eigenvalue weighted by atomic mass is 16.6. The van der Waals surface area contributed by atoms with Gasteiger partial charge in [0.1, 0.15) is 0 Å². The molecule has 1 heterocycles. The van der Waals surface area contributed by atoms with E-state index >= 15 is 0 Å². The molecule has 0 amide bonds. The first kappa shape index (κ1) is 13.1. The Labute approximate surface area is 70.3 Å². The predicted octanol–water partition coefficient (Wildman–Crippen LogP) is 1.35. The van der Waals surface area contributed by atoms with Crippen LogP contribution in [-0.4, -0.2) is 28.9 Å². The summed E-state index contributed by atoms with van der Waals surface area (Å²) >= 11 is 0. The van der Waals surface area contributed by atoms with Gasteiger partial charge in [-0.15, -0.1) is 13.2 Å². The van der Waals surface area contributed by atoms with Gasteiger partial charge in [0.05, 0.1) is 6.61 Å². The Morgan fingerprint density at radius 2 is 1.83 bits per heavy atom. The fraction of sp³-hybridized carbons (Fsp3) is 0.429. The van der Waals surface area contributed by atoms with E-state index in [1.165, 1.54) is 0 Å². The number of cyclic esters (lactones) is 1. The second-order valence-electron chi connectivity index (χ2n) is 1.61. The highest BCUT2D eigenvalue weighted by molar-refractivity contribution is 5.70. The van der Waals surface area contributed by atoms with Crippen LogP contribution < -0.4 is 0 Å². The number of ether oxygens (including phenoxy) is 1. The largest absolute Gasteiger partial charge is 0.503 e. The summed E-state index contributed by atoms with van der Waals surface area (Å²) in [6, 6.07) is 0. The lowest BCUT2D eigenvalue weighted by molar-refractivity contribution is -0.137. The van der Waals surface area contributed by atoms with Crippen LogP contribution in [0.2, 0.25) is 0 Å². The molecule has 1 saturated heterocycles. The normalized spacial score (nSPS) is 12.8. The average Bonchev–Trinajstić information content (AvgIpc) is 2.43. The first-order valence-electron chi connectivity index (χ1n) is 3.20. The van der Waals surface area contributed by atoms with Crippen LogP contribution in [0, 0.1) is 0 Å². The van der Waals surface area contributed by atoms with Crippen molar-refractivity contribution < 1.29 is 24.5 Å².